The average molecular weight is 307 g/mol. The third-order valence-electron chi connectivity index (χ3n) is 3.51. The van der Waals surface area contributed by atoms with Crippen LogP contribution in [-0.2, 0) is 0 Å². The first kappa shape index (κ1) is 14.8. The van der Waals surface area contributed by atoms with Crippen molar-refractivity contribution in [2.24, 2.45) is 0 Å². The number of hydrogen-bond acceptors (Lipinski definition) is 3. The van der Waals surface area contributed by atoms with Crippen LogP contribution in [0.5, 0.6) is 0 Å². The summed E-state index contributed by atoms with van der Waals surface area (Å²) in [4.78, 5) is 19.8. The van der Waals surface area contributed by atoms with Gasteiger partial charge in [0.15, 0.2) is 5.82 Å². The zero-order valence-electron chi connectivity index (χ0n) is 12.5. The van der Waals surface area contributed by atoms with Gasteiger partial charge < -0.3 is 5.32 Å². The van der Waals surface area contributed by atoms with E-state index in [4.69, 9.17) is 0 Å². The van der Waals surface area contributed by atoms with E-state index in [0.29, 0.717) is 5.69 Å². The summed E-state index contributed by atoms with van der Waals surface area (Å²) in [5.41, 5.74) is 3.72. The van der Waals surface area contributed by atoms with Gasteiger partial charge in [0.2, 0.25) is 0 Å². The second-order valence-corrected chi connectivity index (χ2v) is 5.08. The number of benzene rings is 1. The third-order valence-corrected chi connectivity index (χ3v) is 3.51. The molecule has 4 nitrogen and oxygen atoms in total. The minimum atomic E-state index is -0.646. The van der Waals surface area contributed by atoms with Crippen molar-refractivity contribution in [3.8, 4) is 11.1 Å². The van der Waals surface area contributed by atoms with Crippen LogP contribution >= 0.6 is 0 Å². The highest BCUT2D eigenvalue weighted by Crippen LogP contribution is 2.24. The Labute approximate surface area is 133 Å². The molecule has 0 atom stereocenters. The lowest BCUT2D eigenvalue weighted by molar-refractivity contribution is 0.102. The number of amides is 1. The van der Waals surface area contributed by atoms with Crippen LogP contribution in [0.3, 0.4) is 0 Å². The standard InChI is InChI=1S/C18H14FN3O/c1-12-6-8-20-10-16(12)13-2-4-14(5-3-13)22-18(23)15-7-9-21-11-17(15)19/h2-11H,1H3,(H,22,23). The molecule has 3 aromatic rings. The molecule has 0 aliphatic rings. The molecule has 23 heavy (non-hydrogen) atoms. The van der Waals surface area contributed by atoms with Gasteiger partial charge in [-0.2, -0.15) is 0 Å². The lowest BCUT2D eigenvalue weighted by Gasteiger charge is -2.08. The lowest BCUT2D eigenvalue weighted by atomic mass is 10.0. The number of nitrogens with zero attached hydrogens (tertiary/aromatic N) is 2. The van der Waals surface area contributed by atoms with Gasteiger partial charge >= 0.3 is 0 Å². The fourth-order valence-corrected chi connectivity index (χ4v) is 2.26. The number of aromatic nitrogens is 2. The molecule has 1 N–H and O–H groups in total. The highest BCUT2D eigenvalue weighted by Gasteiger charge is 2.11. The number of anilines is 1. The van der Waals surface area contributed by atoms with Crippen LogP contribution in [0, 0.1) is 12.7 Å². The molecule has 0 bridgehead atoms. The Morgan fingerprint density at radius 3 is 2.39 bits per heavy atom. The topological polar surface area (TPSA) is 54.9 Å². The van der Waals surface area contributed by atoms with E-state index >= 15 is 0 Å². The van der Waals surface area contributed by atoms with E-state index in [-0.39, 0.29) is 5.56 Å². The zero-order valence-corrected chi connectivity index (χ0v) is 12.5. The second kappa shape index (κ2) is 6.36. The normalized spacial score (nSPS) is 10.3. The van der Waals surface area contributed by atoms with Gasteiger partial charge in [0.1, 0.15) is 0 Å². The minimum absolute atomic E-state index is 0.0350. The number of hydrogen-bond donors (Lipinski definition) is 1. The summed E-state index contributed by atoms with van der Waals surface area (Å²) in [5.74, 6) is -1.15. The molecule has 0 saturated carbocycles. The fourth-order valence-electron chi connectivity index (χ4n) is 2.26. The number of nitrogens with one attached hydrogen (secondary N) is 1. The molecule has 1 aromatic carbocycles. The largest absolute Gasteiger partial charge is 0.322 e. The Morgan fingerprint density at radius 1 is 1.00 bits per heavy atom. The molecular weight excluding hydrogens is 293 g/mol. The summed E-state index contributed by atoms with van der Waals surface area (Å²) in [6, 6.07) is 10.6. The molecule has 0 unspecified atom stereocenters. The van der Waals surface area contributed by atoms with Gasteiger partial charge in [-0.3, -0.25) is 14.8 Å². The smallest absolute Gasteiger partial charge is 0.258 e. The van der Waals surface area contributed by atoms with Gasteiger partial charge in [0, 0.05) is 29.8 Å². The predicted molar refractivity (Wildman–Crippen MR) is 86.6 cm³/mol. The summed E-state index contributed by atoms with van der Waals surface area (Å²) in [6.45, 7) is 2.01. The van der Waals surface area contributed by atoms with Crippen LogP contribution in [0.25, 0.3) is 11.1 Å². The third kappa shape index (κ3) is 3.23. The first-order valence-corrected chi connectivity index (χ1v) is 7.07. The molecule has 0 radical (unpaired) electrons. The molecule has 0 spiro atoms. The maximum atomic E-state index is 13.5. The maximum Gasteiger partial charge on any atom is 0.258 e. The number of carbonyl (C=O) groups excluding carboxylic acids is 1. The van der Waals surface area contributed by atoms with E-state index in [1.807, 2.05) is 25.1 Å². The monoisotopic (exact) mass is 307 g/mol. The van der Waals surface area contributed by atoms with E-state index in [1.165, 1.54) is 12.3 Å². The second-order valence-electron chi connectivity index (χ2n) is 5.08. The minimum Gasteiger partial charge on any atom is -0.322 e. The molecule has 2 heterocycles. The van der Waals surface area contributed by atoms with Crippen molar-refractivity contribution in [1.82, 2.24) is 9.97 Å². The van der Waals surface area contributed by atoms with Crippen molar-refractivity contribution in [3.05, 3.63) is 78.1 Å². The van der Waals surface area contributed by atoms with Crippen LogP contribution in [0.15, 0.2) is 61.2 Å². The summed E-state index contributed by atoms with van der Waals surface area (Å²) in [5, 5.41) is 2.67. The Kier molecular flexibility index (Phi) is 4.10. The Balaban J connectivity index is 1.80. The fraction of sp³-hybridized carbons (Fsp3) is 0.0556. The quantitative estimate of drug-likeness (QED) is 0.799. The van der Waals surface area contributed by atoms with Crippen molar-refractivity contribution >= 4 is 11.6 Å². The van der Waals surface area contributed by atoms with Crippen molar-refractivity contribution in [3.63, 3.8) is 0 Å². The van der Waals surface area contributed by atoms with Crippen LogP contribution in [0.4, 0.5) is 10.1 Å². The van der Waals surface area contributed by atoms with Crippen molar-refractivity contribution < 1.29 is 9.18 Å². The van der Waals surface area contributed by atoms with Crippen molar-refractivity contribution in [1.29, 1.82) is 0 Å². The molecule has 2 aromatic heterocycles. The highest BCUT2D eigenvalue weighted by atomic mass is 19.1. The number of pyridine rings is 2. The van der Waals surface area contributed by atoms with E-state index < -0.39 is 11.7 Å². The summed E-state index contributed by atoms with van der Waals surface area (Å²) in [7, 11) is 0. The molecular formula is C18H14FN3O. The lowest BCUT2D eigenvalue weighted by Crippen LogP contribution is -2.13. The molecule has 0 aliphatic heterocycles. The predicted octanol–water partition coefficient (Wildman–Crippen LogP) is 3.84. The van der Waals surface area contributed by atoms with E-state index in [9.17, 15) is 9.18 Å². The SMILES string of the molecule is Cc1ccncc1-c1ccc(NC(=O)c2ccncc2F)cc1. The van der Waals surface area contributed by atoms with Crippen LogP contribution in [-0.4, -0.2) is 15.9 Å². The van der Waals surface area contributed by atoms with Gasteiger partial charge in [-0.1, -0.05) is 12.1 Å². The van der Waals surface area contributed by atoms with Gasteiger partial charge in [-0.15, -0.1) is 0 Å². The van der Waals surface area contributed by atoms with Gasteiger partial charge in [0.05, 0.1) is 11.8 Å². The first-order chi connectivity index (χ1) is 11.1. The van der Waals surface area contributed by atoms with E-state index in [2.05, 4.69) is 15.3 Å². The van der Waals surface area contributed by atoms with Crippen LogP contribution in [0.2, 0.25) is 0 Å². The van der Waals surface area contributed by atoms with E-state index in [1.54, 1.807) is 24.5 Å². The van der Waals surface area contributed by atoms with Crippen LogP contribution in [0.1, 0.15) is 15.9 Å². The van der Waals surface area contributed by atoms with Gasteiger partial charge in [0.25, 0.3) is 5.91 Å². The molecule has 0 aliphatic carbocycles. The molecule has 5 heteroatoms. The number of carbonyl (C=O) groups is 1. The first-order valence-electron chi connectivity index (χ1n) is 7.07. The summed E-state index contributed by atoms with van der Waals surface area (Å²) >= 11 is 0. The molecule has 3 rings (SSSR count). The summed E-state index contributed by atoms with van der Waals surface area (Å²) in [6.07, 6.45) is 5.95. The molecule has 114 valence electrons. The number of aryl methyl sites for hydroxylation is 1. The number of rotatable bonds is 3. The van der Waals surface area contributed by atoms with Crippen LogP contribution < -0.4 is 5.32 Å². The molecule has 0 saturated heterocycles. The van der Waals surface area contributed by atoms with Gasteiger partial charge in [-0.25, -0.2) is 4.39 Å². The van der Waals surface area contributed by atoms with E-state index in [0.717, 1.165) is 22.9 Å². The molecule has 0 fully saturated rings. The number of halogens is 1. The Morgan fingerprint density at radius 2 is 1.70 bits per heavy atom. The van der Waals surface area contributed by atoms with Gasteiger partial charge in [-0.05, 0) is 42.3 Å². The van der Waals surface area contributed by atoms with Crippen molar-refractivity contribution in [2.75, 3.05) is 5.32 Å². The maximum absolute atomic E-state index is 13.5. The van der Waals surface area contributed by atoms with Crippen molar-refractivity contribution in [2.45, 2.75) is 6.92 Å². The average Bonchev–Trinajstić information content (AvgIpc) is 2.56. The Bertz CT molecular complexity index is 847. The summed E-state index contributed by atoms with van der Waals surface area (Å²) < 4.78 is 13.5. The highest BCUT2D eigenvalue weighted by molar-refractivity contribution is 6.04. The zero-order chi connectivity index (χ0) is 16.2. The molecule has 1 amide bonds. The Hall–Kier alpha value is -3.08.